The third kappa shape index (κ3) is 9.34. The van der Waals surface area contributed by atoms with Gasteiger partial charge in [0, 0.05) is 56.1 Å². The molecule has 298 valence electrons. The molecule has 0 aromatic heterocycles. The van der Waals surface area contributed by atoms with Crippen LogP contribution in [0.3, 0.4) is 0 Å². The molecule has 2 N–H and O–H groups in total. The number of ketones is 1. The molecule has 3 rings (SSSR count). The number of Topliss-reactive ketones (excluding diaryl/α,β-unsaturated/α-hetero) is 1. The standard InChI is InChI=1S/C35H60F2N6O9/c1-12-24-35(8)26(43(31(47)52-35)16-14-13-15-40-41-38)22(4)39-19-32(5,36)18-33(6,48-11)28(21(3)27(45)34(7,37)30(46)50-24)51-29-25(44)23(42(9)10)17-20(2)49-29/h20-26,28-29,39,44H,12-19H2,1-11H3/t20-,21+,22-,23?,24-,25-,26-,28-,29+,32?,33-,34?,35-/m1/s1. The van der Waals surface area contributed by atoms with Gasteiger partial charge >= 0.3 is 12.1 Å². The van der Waals surface area contributed by atoms with E-state index in [0.717, 1.165) is 6.92 Å². The maximum Gasteiger partial charge on any atom is 0.410 e. The summed E-state index contributed by atoms with van der Waals surface area (Å²) < 4.78 is 63.6. The quantitative estimate of drug-likeness (QED) is 0.0814. The van der Waals surface area contributed by atoms with Gasteiger partial charge in [-0.3, -0.25) is 9.69 Å². The molecule has 3 saturated heterocycles. The molecule has 0 aromatic carbocycles. The molecule has 0 aliphatic carbocycles. The van der Waals surface area contributed by atoms with Crippen LogP contribution in [-0.2, 0) is 33.3 Å². The van der Waals surface area contributed by atoms with Crippen LogP contribution in [0.1, 0.15) is 87.5 Å². The van der Waals surface area contributed by atoms with E-state index >= 15 is 8.78 Å². The summed E-state index contributed by atoms with van der Waals surface area (Å²) in [6.07, 6.45) is -5.08. The van der Waals surface area contributed by atoms with E-state index in [4.69, 9.17) is 29.2 Å². The Bertz CT molecular complexity index is 1320. The van der Waals surface area contributed by atoms with E-state index in [-0.39, 0.29) is 44.6 Å². The van der Waals surface area contributed by atoms with Gasteiger partial charge in [-0.1, -0.05) is 19.0 Å². The van der Waals surface area contributed by atoms with Crippen molar-refractivity contribution in [1.29, 1.82) is 0 Å². The molecule has 17 heteroatoms. The Kier molecular flexibility index (Phi) is 14.5. The van der Waals surface area contributed by atoms with Crippen LogP contribution < -0.4 is 5.32 Å². The topological polar surface area (TPSA) is 185 Å². The number of esters is 1. The Labute approximate surface area is 306 Å². The van der Waals surface area contributed by atoms with Crippen molar-refractivity contribution in [2.45, 2.75) is 159 Å². The van der Waals surface area contributed by atoms with Crippen LogP contribution >= 0.6 is 0 Å². The van der Waals surface area contributed by atoms with E-state index in [1.165, 1.54) is 32.8 Å². The smallest absolute Gasteiger partial charge is 0.410 e. The van der Waals surface area contributed by atoms with Gasteiger partial charge in [0.1, 0.15) is 17.9 Å². The van der Waals surface area contributed by atoms with Gasteiger partial charge < -0.3 is 39.0 Å². The number of unbranched alkanes of at least 4 members (excludes halogenated alkanes) is 1. The lowest BCUT2D eigenvalue weighted by molar-refractivity contribution is -0.297. The van der Waals surface area contributed by atoms with E-state index in [1.807, 2.05) is 4.90 Å². The molecule has 0 bridgehead atoms. The third-order valence-electron chi connectivity index (χ3n) is 11.0. The number of likely N-dealkylation sites (N-methyl/N-ethyl adjacent to an activating group) is 1. The minimum absolute atomic E-state index is 0.0831. The molecule has 0 spiro atoms. The fraction of sp³-hybridized carbons (Fsp3) is 0.914. The number of halogens is 2. The number of nitrogens with zero attached hydrogens (tertiary/aromatic N) is 5. The number of nitrogens with one attached hydrogen (secondary N) is 1. The van der Waals surface area contributed by atoms with Gasteiger partial charge in [-0.25, -0.2) is 18.4 Å². The van der Waals surface area contributed by atoms with Crippen LogP contribution in [0.25, 0.3) is 10.4 Å². The summed E-state index contributed by atoms with van der Waals surface area (Å²) in [5, 5.41) is 18.1. The number of hydrogen-bond acceptors (Lipinski definition) is 12. The van der Waals surface area contributed by atoms with E-state index in [9.17, 15) is 19.5 Å². The van der Waals surface area contributed by atoms with E-state index in [0.29, 0.717) is 19.3 Å². The zero-order chi connectivity index (χ0) is 39.4. The molecular weight excluding hydrogens is 686 g/mol. The molecule has 0 radical (unpaired) electrons. The van der Waals surface area contributed by atoms with E-state index in [1.54, 1.807) is 41.8 Å². The van der Waals surface area contributed by atoms with Gasteiger partial charge in [-0.15, -0.1) is 0 Å². The van der Waals surface area contributed by atoms with Crippen molar-refractivity contribution in [3.63, 3.8) is 0 Å². The first kappa shape index (κ1) is 43.7. The van der Waals surface area contributed by atoms with Crippen molar-refractivity contribution in [3.05, 3.63) is 10.4 Å². The van der Waals surface area contributed by atoms with Gasteiger partial charge in [0.2, 0.25) is 0 Å². The minimum Gasteiger partial charge on any atom is -0.455 e. The van der Waals surface area contributed by atoms with Crippen molar-refractivity contribution in [2.24, 2.45) is 11.0 Å². The zero-order valence-electron chi connectivity index (χ0n) is 32.6. The number of methoxy groups -OCH3 is 1. The Balaban J connectivity index is 2.11. The molecule has 3 aliphatic rings. The number of hydrogen-bond donors (Lipinski definition) is 2. The number of carbonyl (C=O) groups is 3. The van der Waals surface area contributed by atoms with Crippen molar-refractivity contribution < 1.29 is 52.0 Å². The maximum absolute atomic E-state index is 16.9. The molecule has 3 unspecified atom stereocenters. The van der Waals surface area contributed by atoms with Crippen LogP contribution in [0.2, 0.25) is 0 Å². The summed E-state index contributed by atoms with van der Waals surface area (Å²) in [6.45, 7) is 12.0. The number of aliphatic hydroxyl groups excluding tert-OH is 1. The first-order valence-corrected chi connectivity index (χ1v) is 18.2. The SMILES string of the molecule is CC[C@H]1OC(=O)C(C)(F)C(=O)[C@H](C)[C@@H](O[C@@H]2O[C@H](C)CC(N(C)C)[C@H]2O)[C@](C)(OC)CC(C)(F)CN[C@H](C)[C@H]2N(CCCCN=[N+]=[N-])C(=O)O[C@]12C. The fourth-order valence-electron chi connectivity index (χ4n) is 8.16. The number of alkyl halides is 2. The first-order valence-electron chi connectivity index (χ1n) is 18.2. The average Bonchev–Trinajstić information content (AvgIpc) is 3.33. The van der Waals surface area contributed by atoms with Crippen LogP contribution in [0.5, 0.6) is 0 Å². The Morgan fingerprint density at radius 2 is 1.79 bits per heavy atom. The van der Waals surface area contributed by atoms with Crippen molar-refractivity contribution in [1.82, 2.24) is 15.1 Å². The number of aliphatic hydroxyl groups is 1. The third-order valence-corrected chi connectivity index (χ3v) is 11.0. The molecule has 3 fully saturated rings. The van der Waals surface area contributed by atoms with Gasteiger partial charge in [-0.05, 0) is 86.9 Å². The minimum atomic E-state index is -3.23. The summed E-state index contributed by atoms with van der Waals surface area (Å²) in [7, 11) is 4.91. The second-order valence-electron chi connectivity index (χ2n) is 15.7. The molecule has 13 atom stereocenters. The number of azide groups is 1. The molecule has 0 aromatic rings. The van der Waals surface area contributed by atoms with Crippen molar-refractivity contribution in [2.75, 3.05) is 40.8 Å². The fourth-order valence-corrected chi connectivity index (χ4v) is 8.16. The number of ether oxygens (including phenoxy) is 5. The second-order valence-corrected chi connectivity index (χ2v) is 15.7. The summed E-state index contributed by atoms with van der Waals surface area (Å²) in [5.41, 5.74) is 0.176. The van der Waals surface area contributed by atoms with Gasteiger partial charge in [-0.2, -0.15) is 0 Å². The molecule has 1 amide bonds. The van der Waals surface area contributed by atoms with E-state index < -0.39 is 83.0 Å². The number of cyclic esters (lactones) is 1. The zero-order valence-corrected chi connectivity index (χ0v) is 32.6. The lowest BCUT2D eigenvalue weighted by Gasteiger charge is -2.47. The molecule has 0 saturated carbocycles. The number of carbonyl (C=O) groups excluding carboxylic acids is 3. The van der Waals surface area contributed by atoms with E-state index in [2.05, 4.69) is 15.3 Å². The Morgan fingerprint density at radius 1 is 1.13 bits per heavy atom. The number of rotatable bonds is 10. The normalized spacial score (nSPS) is 42.5. The molecular formula is C35H60F2N6O9. The highest BCUT2D eigenvalue weighted by molar-refractivity contribution is 6.07. The predicted octanol–water partition coefficient (Wildman–Crippen LogP) is 4.24. The summed E-state index contributed by atoms with van der Waals surface area (Å²) in [6, 6.07) is -1.88. The molecule has 3 aliphatic heterocycles. The summed E-state index contributed by atoms with van der Waals surface area (Å²) in [4.78, 5) is 47.4. The highest BCUT2D eigenvalue weighted by Crippen LogP contribution is 2.42. The highest BCUT2D eigenvalue weighted by Gasteiger charge is 2.60. The summed E-state index contributed by atoms with van der Waals surface area (Å²) in [5.74, 6) is -4.14. The van der Waals surface area contributed by atoms with Crippen LogP contribution in [0, 0.1) is 5.92 Å². The molecule has 52 heavy (non-hydrogen) atoms. The van der Waals surface area contributed by atoms with Gasteiger partial charge in [0.05, 0.1) is 23.9 Å². The largest absolute Gasteiger partial charge is 0.455 e. The highest BCUT2D eigenvalue weighted by atomic mass is 19.1. The monoisotopic (exact) mass is 746 g/mol. The number of fused-ring (bicyclic) bond motifs is 1. The average molecular weight is 747 g/mol. The van der Waals surface area contributed by atoms with Gasteiger partial charge in [0.25, 0.3) is 5.67 Å². The molecule has 15 nitrogen and oxygen atoms in total. The molecule has 3 heterocycles. The lowest BCUT2D eigenvalue weighted by atomic mass is 9.77. The van der Waals surface area contributed by atoms with Gasteiger partial charge in [0.15, 0.2) is 17.7 Å². The Morgan fingerprint density at radius 3 is 2.37 bits per heavy atom. The van der Waals surface area contributed by atoms with Crippen LogP contribution in [0.15, 0.2) is 5.11 Å². The second kappa shape index (κ2) is 17.2. The van der Waals surface area contributed by atoms with Crippen molar-refractivity contribution >= 4 is 17.8 Å². The number of amides is 1. The Hall–Kier alpha value is -2.66. The first-order chi connectivity index (χ1) is 24.1. The summed E-state index contributed by atoms with van der Waals surface area (Å²) >= 11 is 0. The van der Waals surface area contributed by atoms with Crippen LogP contribution in [0.4, 0.5) is 13.6 Å². The maximum atomic E-state index is 16.9. The van der Waals surface area contributed by atoms with Crippen molar-refractivity contribution in [3.8, 4) is 0 Å². The van der Waals surface area contributed by atoms with Crippen LogP contribution in [-0.4, -0.2) is 145 Å². The predicted molar refractivity (Wildman–Crippen MR) is 187 cm³/mol. The lowest BCUT2D eigenvalue weighted by Crippen LogP contribution is -2.62.